The topological polar surface area (TPSA) is 204 Å². The molecule has 2 aliphatic rings. The molecule has 0 aromatic heterocycles. The third kappa shape index (κ3) is 16.9. The van der Waals surface area contributed by atoms with Gasteiger partial charge in [0, 0.05) is 26.6 Å². The summed E-state index contributed by atoms with van der Waals surface area (Å²) in [5, 5.41) is 20.8. The second-order valence-electron chi connectivity index (χ2n) is 17.3. The Bertz CT molecular complexity index is 1630. The first-order chi connectivity index (χ1) is 29.2. The zero-order valence-corrected chi connectivity index (χ0v) is 38.2. The highest BCUT2D eigenvalue weighted by Gasteiger charge is 2.47. The number of alkyl halides is 2. The molecule has 350 valence electrons. The Hall–Kier alpha value is -4.67. The van der Waals surface area contributed by atoms with Gasteiger partial charge in [0.15, 0.2) is 0 Å². The van der Waals surface area contributed by atoms with Crippen LogP contribution in [0.25, 0.3) is 0 Å². The summed E-state index contributed by atoms with van der Waals surface area (Å²) in [6.45, 7) is 14.0. The monoisotopic (exact) mass is 879 g/mol. The van der Waals surface area contributed by atoms with Gasteiger partial charge < -0.3 is 40.9 Å². The molecule has 1 saturated carbocycles. The number of carbonyl (C=O) groups is 7. The highest BCUT2D eigenvalue weighted by atomic mass is 19.3. The zero-order valence-electron chi connectivity index (χ0n) is 38.2. The van der Waals surface area contributed by atoms with E-state index in [1.807, 2.05) is 20.8 Å². The largest absolute Gasteiger partial charge is 0.444 e. The van der Waals surface area contributed by atoms with Crippen LogP contribution in [0.4, 0.5) is 13.6 Å². The van der Waals surface area contributed by atoms with Gasteiger partial charge in [-0.05, 0) is 90.5 Å². The van der Waals surface area contributed by atoms with Crippen LogP contribution in [0.5, 0.6) is 0 Å². The fraction of sp³-hybridized carbons (Fsp3) is 0.711. The Morgan fingerprint density at radius 1 is 0.903 bits per heavy atom. The SMILES string of the molecule is CC.CCCC(C)(C)OC(=O)NC(C(=O)N1CC[C@H](CC(C)(C)O)C1C(=O)NC(CCC(F)F)C(=O)C(=O)NCC(=O)NC(C(=O)N(C)CC)c1ccccc1)C1CCCCC1. The van der Waals surface area contributed by atoms with E-state index >= 15 is 0 Å². The lowest BCUT2D eigenvalue weighted by Gasteiger charge is -2.36. The van der Waals surface area contributed by atoms with Gasteiger partial charge in [0.05, 0.1) is 18.2 Å². The average Bonchev–Trinajstić information content (AvgIpc) is 3.64. The number of nitrogens with one attached hydrogen (secondary N) is 4. The number of ether oxygens (including phenoxy) is 1. The Balaban J connectivity index is 0.00000651. The van der Waals surface area contributed by atoms with Crippen LogP contribution in [0.15, 0.2) is 30.3 Å². The number of likely N-dealkylation sites (N-methyl/N-ethyl adjacent to an activating group) is 1. The van der Waals surface area contributed by atoms with Crippen LogP contribution in [0.2, 0.25) is 0 Å². The molecule has 0 bridgehead atoms. The van der Waals surface area contributed by atoms with Crippen molar-refractivity contribution in [3.63, 3.8) is 0 Å². The Morgan fingerprint density at radius 2 is 1.53 bits per heavy atom. The van der Waals surface area contributed by atoms with Gasteiger partial charge in [-0.1, -0.05) is 76.8 Å². The van der Waals surface area contributed by atoms with Crippen LogP contribution in [0.3, 0.4) is 0 Å². The Morgan fingerprint density at radius 3 is 2.10 bits per heavy atom. The zero-order chi connectivity index (χ0) is 46.8. The molecule has 0 spiro atoms. The van der Waals surface area contributed by atoms with E-state index in [-0.39, 0.29) is 25.3 Å². The maximum absolute atomic E-state index is 14.6. The summed E-state index contributed by atoms with van der Waals surface area (Å²) in [6, 6.07) is 3.18. The molecule has 62 heavy (non-hydrogen) atoms. The molecule has 1 aromatic carbocycles. The fourth-order valence-electron chi connectivity index (χ4n) is 8.15. The van der Waals surface area contributed by atoms with Crippen molar-refractivity contribution >= 4 is 41.4 Å². The number of hydrogen-bond donors (Lipinski definition) is 5. The number of amides is 6. The number of nitrogens with zero attached hydrogens (tertiary/aromatic N) is 2. The molecule has 5 N–H and O–H groups in total. The second-order valence-corrected chi connectivity index (χ2v) is 17.3. The number of hydrogen-bond acceptors (Lipinski definition) is 9. The molecule has 1 aliphatic heterocycles. The summed E-state index contributed by atoms with van der Waals surface area (Å²) in [5.41, 5.74) is -1.62. The van der Waals surface area contributed by atoms with E-state index in [4.69, 9.17) is 4.74 Å². The summed E-state index contributed by atoms with van der Waals surface area (Å²) >= 11 is 0. The number of Topliss-reactive ketones (excluding diaryl/α,β-unsaturated/α-hetero) is 1. The predicted molar refractivity (Wildman–Crippen MR) is 231 cm³/mol. The van der Waals surface area contributed by atoms with Crippen LogP contribution in [0.1, 0.15) is 138 Å². The summed E-state index contributed by atoms with van der Waals surface area (Å²) < 4.78 is 32.8. The van der Waals surface area contributed by atoms with Gasteiger partial charge in [-0.3, -0.25) is 28.8 Å². The lowest BCUT2D eigenvalue weighted by molar-refractivity contribution is -0.145. The number of likely N-dealkylation sites (tertiary alicyclic amines) is 1. The smallest absolute Gasteiger partial charge is 0.408 e. The number of halogens is 2. The molecule has 1 aromatic rings. The van der Waals surface area contributed by atoms with Crippen LogP contribution < -0.4 is 21.3 Å². The van der Waals surface area contributed by atoms with Crippen molar-refractivity contribution in [3.8, 4) is 0 Å². The van der Waals surface area contributed by atoms with Gasteiger partial charge in [0.2, 0.25) is 35.8 Å². The molecule has 1 aliphatic carbocycles. The highest BCUT2D eigenvalue weighted by molar-refractivity contribution is 6.38. The van der Waals surface area contributed by atoms with Gasteiger partial charge in [-0.15, -0.1) is 0 Å². The van der Waals surface area contributed by atoms with Crippen molar-refractivity contribution in [1.29, 1.82) is 0 Å². The molecule has 15 nitrogen and oxygen atoms in total. The number of alkyl carbamates (subject to hydrolysis) is 1. The molecule has 3 rings (SSSR count). The minimum absolute atomic E-state index is 0.0510. The van der Waals surface area contributed by atoms with E-state index in [1.54, 1.807) is 72.0 Å². The number of aliphatic hydroxyl groups is 1. The highest BCUT2D eigenvalue weighted by Crippen LogP contribution is 2.35. The number of carbonyl (C=O) groups excluding carboxylic acids is 7. The Labute approximate surface area is 366 Å². The second kappa shape index (κ2) is 25.4. The molecule has 6 amide bonds. The van der Waals surface area contributed by atoms with E-state index in [2.05, 4.69) is 21.3 Å². The Kier molecular flexibility index (Phi) is 21.9. The molecular formula is C45H72F2N6O9. The lowest BCUT2D eigenvalue weighted by atomic mass is 9.83. The van der Waals surface area contributed by atoms with Crippen LogP contribution in [0, 0.1) is 11.8 Å². The summed E-state index contributed by atoms with van der Waals surface area (Å²) in [5.74, 6) is -6.23. The van der Waals surface area contributed by atoms with Crippen LogP contribution in [-0.2, 0) is 33.5 Å². The predicted octanol–water partition coefficient (Wildman–Crippen LogP) is 5.20. The summed E-state index contributed by atoms with van der Waals surface area (Å²) in [4.78, 5) is 97.8. The molecule has 17 heteroatoms. The molecular weight excluding hydrogens is 807 g/mol. The maximum Gasteiger partial charge on any atom is 0.408 e. The molecule has 0 radical (unpaired) electrons. The average molecular weight is 879 g/mol. The first-order valence-corrected chi connectivity index (χ1v) is 22.2. The molecule has 1 heterocycles. The third-order valence-corrected chi connectivity index (χ3v) is 11.2. The first kappa shape index (κ1) is 53.5. The molecule has 2 fully saturated rings. The summed E-state index contributed by atoms with van der Waals surface area (Å²) in [7, 11) is 1.56. The number of ketones is 1. The number of rotatable bonds is 21. The van der Waals surface area contributed by atoms with Crippen LogP contribution >= 0.6 is 0 Å². The van der Waals surface area contributed by atoms with E-state index < -0.39 is 109 Å². The quantitative estimate of drug-likeness (QED) is 0.103. The minimum atomic E-state index is -2.89. The molecule has 5 atom stereocenters. The fourth-order valence-corrected chi connectivity index (χ4v) is 8.15. The van der Waals surface area contributed by atoms with Crippen LogP contribution in [-0.4, -0.2) is 119 Å². The van der Waals surface area contributed by atoms with Crippen molar-refractivity contribution in [3.05, 3.63) is 35.9 Å². The van der Waals surface area contributed by atoms with Gasteiger partial charge >= 0.3 is 6.09 Å². The number of benzene rings is 1. The van der Waals surface area contributed by atoms with Gasteiger partial charge in [0.1, 0.15) is 23.7 Å². The first-order valence-electron chi connectivity index (χ1n) is 22.2. The van der Waals surface area contributed by atoms with E-state index in [0.717, 1.165) is 25.7 Å². The lowest BCUT2D eigenvalue weighted by Crippen LogP contribution is -2.59. The van der Waals surface area contributed by atoms with E-state index in [9.17, 15) is 47.4 Å². The van der Waals surface area contributed by atoms with Gasteiger partial charge in [0.25, 0.3) is 5.91 Å². The van der Waals surface area contributed by atoms with Crippen molar-refractivity contribution in [2.45, 2.75) is 168 Å². The summed E-state index contributed by atoms with van der Waals surface area (Å²) in [6.07, 6.45) is 0.393. The normalized spacial score (nSPS) is 18.3. The standard InChI is InChI=1S/C43H66F2N6O9.C2H6/c1-8-23-43(5,6)60-41(58)49-34(28-18-14-11-15-19-28)40(57)51-24-22-29(25-42(3,4)59)35(51)37(54)47-30(20-21-31(44)45)36(53)38(55)46-26-32(52)48-33(39(56)50(7)9-2)27-16-12-10-13-17-27;1-2/h10,12-13,16-17,28-31,33-35,59H,8-9,11,14-15,18-26H2,1-7H3,(H,46,55)(H,47,54)(H,48,52)(H,49,58);1-2H3/t29-,30?,33?,34?,35?;/m1./s1. The third-order valence-electron chi connectivity index (χ3n) is 11.2. The van der Waals surface area contributed by atoms with E-state index in [0.29, 0.717) is 31.4 Å². The van der Waals surface area contributed by atoms with Crippen molar-refractivity contribution in [2.75, 3.05) is 26.7 Å². The van der Waals surface area contributed by atoms with E-state index in [1.165, 1.54) is 9.80 Å². The minimum Gasteiger partial charge on any atom is -0.444 e. The van der Waals surface area contributed by atoms with Crippen molar-refractivity contribution < 1.29 is 52.2 Å². The molecule has 1 saturated heterocycles. The van der Waals surface area contributed by atoms with Gasteiger partial charge in [-0.2, -0.15) is 0 Å². The van der Waals surface area contributed by atoms with Gasteiger partial charge in [-0.25, -0.2) is 13.6 Å². The van der Waals surface area contributed by atoms with Crippen molar-refractivity contribution in [1.82, 2.24) is 31.1 Å². The van der Waals surface area contributed by atoms with Crippen molar-refractivity contribution in [2.24, 2.45) is 11.8 Å². The maximum atomic E-state index is 14.6. The molecule has 4 unspecified atom stereocenters.